The molecule has 0 bridgehead atoms. The van der Waals surface area contributed by atoms with E-state index in [9.17, 15) is 4.79 Å². The first-order valence-electron chi connectivity index (χ1n) is 5.55. The number of methoxy groups -OCH3 is 1. The number of hydrogen-bond acceptors (Lipinski definition) is 4. The van der Waals surface area contributed by atoms with E-state index in [0.29, 0.717) is 6.61 Å². The number of nitrogens with one attached hydrogen (secondary N) is 1. The molecule has 0 saturated carbocycles. The second-order valence-corrected chi connectivity index (χ2v) is 4.14. The van der Waals surface area contributed by atoms with Crippen LogP contribution in [0.3, 0.4) is 0 Å². The van der Waals surface area contributed by atoms with Crippen molar-refractivity contribution in [2.75, 3.05) is 27.8 Å². The molecule has 1 aromatic heterocycles. The molecule has 5 nitrogen and oxygen atoms in total. The van der Waals surface area contributed by atoms with E-state index in [1.54, 1.807) is 32.4 Å². The molecule has 1 N–H and O–H groups in total. The molecule has 5 heteroatoms. The van der Waals surface area contributed by atoms with Gasteiger partial charge in [0.05, 0.1) is 25.0 Å². The maximum atomic E-state index is 11.7. The zero-order valence-corrected chi connectivity index (χ0v) is 10.8. The molecule has 1 amide bonds. The van der Waals surface area contributed by atoms with Crippen molar-refractivity contribution >= 4 is 5.91 Å². The van der Waals surface area contributed by atoms with Crippen LogP contribution in [-0.2, 0) is 9.53 Å². The highest BCUT2D eigenvalue weighted by atomic mass is 16.5. The maximum absolute atomic E-state index is 11.7. The van der Waals surface area contributed by atoms with Crippen LogP contribution in [0.4, 0.5) is 0 Å². The van der Waals surface area contributed by atoms with Crippen molar-refractivity contribution in [2.45, 2.75) is 19.0 Å². The molecule has 0 aliphatic carbocycles. The van der Waals surface area contributed by atoms with Crippen LogP contribution in [0.5, 0.6) is 0 Å². The van der Waals surface area contributed by atoms with Gasteiger partial charge in [-0.3, -0.25) is 10.1 Å². The molecular formula is C12H20N2O3. The van der Waals surface area contributed by atoms with E-state index >= 15 is 0 Å². The lowest BCUT2D eigenvalue weighted by Gasteiger charge is -2.23. The Balaban J connectivity index is 2.64. The predicted molar refractivity (Wildman–Crippen MR) is 64.6 cm³/mol. The summed E-state index contributed by atoms with van der Waals surface area (Å²) in [4.78, 5) is 13.3. The molecule has 0 fully saturated rings. The Morgan fingerprint density at radius 2 is 2.29 bits per heavy atom. The van der Waals surface area contributed by atoms with E-state index in [1.165, 1.54) is 0 Å². The van der Waals surface area contributed by atoms with Crippen LogP contribution < -0.4 is 5.32 Å². The normalized spacial score (nSPS) is 14.4. The van der Waals surface area contributed by atoms with E-state index in [-0.39, 0.29) is 18.0 Å². The minimum Gasteiger partial charge on any atom is -0.468 e. The maximum Gasteiger partial charge on any atom is 0.238 e. The summed E-state index contributed by atoms with van der Waals surface area (Å²) in [5.74, 6) is 0.794. The highest BCUT2D eigenvalue weighted by Gasteiger charge is 2.21. The van der Waals surface area contributed by atoms with Crippen molar-refractivity contribution in [2.24, 2.45) is 0 Å². The van der Waals surface area contributed by atoms with Crippen LogP contribution >= 0.6 is 0 Å². The lowest BCUT2D eigenvalue weighted by Crippen LogP contribution is -2.44. The van der Waals surface area contributed by atoms with Gasteiger partial charge in [-0.25, -0.2) is 0 Å². The van der Waals surface area contributed by atoms with E-state index in [0.717, 1.165) is 5.76 Å². The van der Waals surface area contributed by atoms with Crippen molar-refractivity contribution in [1.82, 2.24) is 10.2 Å². The molecule has 0 radical (unpaired) electrons. The molecule has 0 saturated heterocycles. The predicted octanol–water partition coefficient (Wildman–Crippen LogP) is 1.03. The molecule has 0 aromatic carbocycles. The summed E-state index contributed by atoms with van der Waals surface area (Å²) in [7, 11) is 5.09. The van der Waals surface area contributed by atoms with Crippen molar-refractivity contribution in [3.63, 3.8) is 0 Å². The largest absolute Gasteiger partial charge is 0.468 e. The summed E-state index contributed by atoms with van der Waals surface area (Å²) in [6.07, 6.45) is 1.61. The fraction of sp³-hybridized carbons (Fsp3) is 0.583. The van der Waals surface area contributed by atoms with Gasteiger partial charge in [0, 0.05) is 21.2 Å². The Morgan fingerprint density at radius 1 is 1.59 bits per heavy atom. The van der Waals surface area contributed by atoms with Gasteiger partial charge in [0.15, 0.2) is 0 Å². The van der Waals surface area contributed by atoms with Gasteiger partial charge in [0.1, 0.15) is 5.76 Å². The lowest BCUT2D eigenvalue weighted by atomic mass is 10.2. The fourth-order valence-corrected chi connectivity index (χ4v) is 1.63. The zero-order chi connectivity index (χ0) is 12.8. The van der Waals surface area contributed by atoms with Gasteiger partial charge >= 0.3 is 0 Å². The van der Waals surface area contributed by atoms with Crippen LogP contribution in [0, 0.1) is 0 Å². The molecule has 0 spiro atoms. The highest BCUT2D eigenvalue weighted by Crippen LogP contribution is 2.14. The Bertz CT molecular complexity index is 336. The average Bonchev–Trinajstić information content (AvgIpc) is 2.80. The first-order chi connectivity index (χ1) is 8.06. The minimum atomic E-state index is -0.282. The Morgan fingerprint density at radius 3 is 2.76 bits per heavy atom. The molecule has 0 unspecified atom stereocenters. The number of nitrogens with zero attached hydrogens (tertiary/aromatic N) is 1. The lowest BCUT2D eigenvalue weighted by molar-refractivity contribution is -0.130. The molecule has 1 heterocycles. The van der Waals surface area contributed by atoms with E-state index < -0.39 is 0 Å². The van der Waals surface area contributed by atoms with Gasteiger partial charge in [-0.05, 0) is 19.1 Å². The number of rotatable bonds is 6. The fourth-order valence-electron chi connectivity index (χ4n) is 1.63. The highest BCUT2D eigenvalue weighted by molar-refractivity contribution is 5.80. The topological polar surface area (TPSA) is 54.7 Å². The smallest absolute Gasteiger partial charge is 0.238 e. The summed E-state index contributed by atoms with van der Waals surface area (Å²) in [6.45, 7) is 2.28. The second kappa shape index (κ2) is 6.42. The third-order valence-corrected chi connectivity index (χ3v) is 2.48. The Labute approximate surface area is 102 Å². The average molecular weight is 240 g/mol. The molecule has 1 rings (SSSR count). The first-order valence-corrected chi connectivity index (χ1v) is 5.55. The van der Waals surface area contributed by atoms with Gasteiger partial charge in [0.25, 0.3) is 0 Å². The first kappa shape index (κ1) is 13.7. The number of furan rings is 1. The number of ether oxygens (including phenoxy) is 1. The quantitative estimate of drug-likeness (QED) is 0.807. The van der Waals surface area contributed by atoms with E-state index in [1.807, 2.05) is 19.1 Å². The molecule has 0 aliphatic heterocycles. The van der Waals surface area contributed by atoms with Gasteiger partial charge in [-0.2, -0.15) is 0 Å². The SMILES string of the molecule is COC[C@H](N[C@@H](C)C(=O)N(C)C)c1ccco1. The van der Waals surface area contributed by atoms with Crippen molar-refractivity contribution in [3.8, 4) is 0 Å². The number of carbonyl (C=O) groups excluding carboxylic acids is 1. The molecule has 2 atom stereocenters. The number of carbonyl (C=O) groups is 1. The third-order valence-electron chi connectivity index (χ3n) is 2.48. The molecular weight excluding hydrogens is 220 g/mol. The van der Waals surface area contributed by atoms with Gasteiger partial charge < -0.3 is 14.1 Å². The standard InChI is InChI=1S/C12H20N2O3/c1-9(12(15)14(2)3)13-10(8-16-4)11-6-5-7-17-11/h5-7,9-10,13H,8H2,1-4H3/t9-,10-/m0/s1. The van der Waals surface area contributed by atoms with Gasteiger partial charge in [0.2, 0.25) is 5.91 Å². The number of hydrogen-bond donors (Lipinski definition) is 1. The summed E-state index contributed by atoms with van der Waals surface area (Å²) in [6, 6.07) is 3.28. The summed E-state index contributed by atoms with van der Waals surface area (Å²) < 4.78 is 10.4. The Hall–Kier alpha value is -1.33. The van der Waals surface area contributed by atoms with Crippen LogP contribution in [0.25, 0.3) is 0 Å². The van der Waals surface area contributed by atoms with Gasteiger partial charge in [-0.1, -0.05) is 0 Å². The van der Waals surface area contributed by atoms with Crippen LogP contribution in [-0.4, -0.2) is 44.7 Å². The van der Waals surface area contributed by atoms with Crippen LogP contribution in [0.1, 0.15) is 18.7 Å². The van der Waals surface area contributed by atoms with Crippen molar-refractivity contribution in [3.05, 3.63) is 24.2 Å². The van der Waals surface area contributed by atoms with Crippen LogP contribution in [0.15, 0.2) is 22.8 Å². The minimum absolute atomic E-state index is 0.0256. The zero-order valence-electron chi connectivity index (χ0n) is 10.8. The molecule has 17 heavy (non-hydrogen) atoms. The number of amides is 1. The Kier molecular flexibility index (Phi) is 5.18. The summed E-state index contributed by atoms with van der Waals surface area (Å²) in [5, 5.41) is 3.19. The summed E-state index contributed by atoms with van der Waals surface area (Å²) >= 11 is 0. The molecule has 0 aliphatic rings. The van der Waals surface area contributed by atoms with E-state index in [4.69, 9.17) is 9.15 Å². The van der Waals surface area contributed by atoms with Crippen LogP contribution in [0.2, 0.25) is 0 Å². The van der Waals surface area contributed by atoms with E-state index in [2.05, 4.69) is 5.32 Å². The van der Waals surface area contributed by atoms with Crippen molar-refractivity contribution in [1.29, 1.82) is 0 Å². The third kappa shape index (κ3) is 3.87. The molecule has 1 aromatic rings. The molecule has 96 valence electrons. The number of likely N-dealkylation sites (N-methyl/N-ethyl adjacent to an activating group) is 1. The van der Waals surface area contributed by atoms with Crippen molar-refractivity contribution < 1.29 is 13.9 Å². The van der Waals surface area contributed by atoms with Gasteiger partial charge in [-0.15, -0.1) is 0 Å². The monoisotopic (exact) mass is 240 g/mol. The second-order valence-electron chi connectivity index (χ2n) is 4.14. The summed E-state index contributed by atoms with van der Waals surface area (Å²) in [5.41, 5.74) is 0.